The number of rotatable bonds is 4. The highest BCUT2D eigenvalue weighted by atomic mass is 79.9. The van der Waals surface area contributed by atoms with Gasteiger partial charge in [-0.2, -0.15) is 0 Å². The van der Waals surface area contributed by atoms with Crippen molar-refractivity contribution in [3.8, 4) is 0 Å². The number of piperazine rings is 1. The van der Waals surface area contributed by atoms with Crippen LogP contribution in [-0.2, 0) is 0 Å². The number of hydrogen-bond acceptors (Lipinski definition) is 6. The third kappa shape index (κ3) is 3.86. The van der Waals surface area contributed by atoms with E-state index in [1.54, 1.807) is 13.1 Å². The summed E-state index contributed by atoms with van der Waals surface area (Å²) in [5.74, 6) is 0.951. The molecule has 6 nitrogen and oxygen atoms in total. The average Bonchev–Trinajstić information content (AvgIpc) is 2.69. The van der Waals surface area contributed by atoms with Crippen molar-refractivity contribution in [2.24, 2.45) is 0 Å². The number of Topliss-reactive ketones (excluding diaryl/α,β-unsaturated/α-hetero) is 1. The lowest BCUT2D eigenvalue weighted by Gasteiger charge is -2.33. The van der Waals surface area contributed by atoms with E-state index in [2.05, 4.69) is 48.1 Å². The molecule has 0 atom stereocenters. The number of ketones is 1. The van der Waals surface area contributed by atoms with Crippen molar-refractivity contribution in [1.29, 1.82) is 0 Å². The van der Waals surface area contributed by atoms with Gasteiger partial charge in [-0.1, -0.05) is 15.9 Å². The van der Waals surface area contributed by atoms with Crippen LogP contribution in [0.15, 0.2) is 47.2 Å². The predicted molar refractivity (Wildman–Crippen MR) is 117 cm³/mol. The number of aromatic nitrogens is 2. The summed E-state index contributed by atoms with van der Waals surface area (Å²) in [6.45, 7) is 5.60. The molecule has 3 aromatic rings. The molecule has 1 aliphatic rings. The SMILES string of the molecule is CC(=O)c1cnc2ccc(Br)cc2c1Nc1ccc(N2CCN(C)CC2)nc1. The van der Waals surface area contributed by atoms with Crippen molar-refractivity contribution in [2.75, 3.05) is 43.4 Å². The summed E-state index contributed by atoms with van der Waals surface area (Å²) in [6, 6.07) is 9.89. The van der Waals surface area contributed by atoms with E-state index in [9.17, 15) is 4.79 Å². The van der Waals surface area contributed by atoms with E-state index < -0.39 is 0 Å². The Kier molecular flexibility index (Phi) is 5.28. The van der Waals surface area contributed by atoms with Crippen LogP contribution < -0.4 is 10.2 Å². The lowest BCUT2D eigenvalue weighted by Crippen LogP contribution is -2.44. The van der Waals surface area contributed by atoms with Crippen molar-refractivity contribution in [3.05, 3.63) is 52.8 Å². The van der Waals surface area contributed by atoms with Crippen LogP contribution in [0.25, 0.3) is 10.9 Å². The summed E-state index contributed by atoms with van der Waals surface area (Å²) in [4.78, 5) is 25.8. The van der Waals surface area contributed by atoms with Gasteiger partial charge in [0.15, 0.2) is 5.78 Å². The fraction of sp³-hybridized carbons (Fsp3) is 0.286. The number of benzene rings is 1. The maximum Gasteiger partial charge on any atom is 0.163 e. The Morgan fingerprint density at radius 1 is 1.07 bits per heavy atom. The lowest BCUT2D eigenvalue weighted by atomic mass is 10.1. The van der Waals surface area contributed by atoms with Gasteiger partial charge < -0.3 is 15.1 Å². The minimum Gasteiger partial charge on any atom is -0.354 e. The highest BCUT2D eigenvalue weighted by Crippen LogP contribution is 2.31. The summed E-state index contributed by atoms with van der Waals surface area (Å²) in [5, 5.41) is 4.28. The van der Waals surface area contributed by atoms with Crippen molar-refractivity contribution >= 4 is 49.8 Å². The standard InChI is InChI=1S/C21H22BrN5O/c1-14(28)18-13-23-19-5-3-15(22)11-17(19)21(18)25-16-4-6-20(24-12-16)27-9-7-26(2)8-10-27/h3-6,11-13H,7-10H2,1-2H3,(H,23,25). The Bertz CT molecular complexity index is 1010. The molecule has 28 heavy (non-hydrogen) atoms. The summed E-state index contributed by atoms with van der Waals surface area (Å²) in [5.41, 5.74) is 2.99. The predicted octanol–water partition coefficient (Wildman–Crippen LogP) is 4.09. The Morgan fingerprint density at radius 2 is 1.86 bits per heavy atom. The minimum absolute atomic E-state index is 0.0288. The molecule has 1 fully saturated rings. The Hall–Kier alpha value is -2.51. The van der Waals surface area contributed by atoms with Crippen LogP contribution in [0.4, 0.5) is 17.2 Å². The van der Waals surface area contributed by atoms with Gasteiger partial charge in [-0.05, 0) is 44.3 Å². The number of anilines is 3. The lowest BCUT2D eigenvalue weighted by molar-refractivity contribution is 0.101. The molecule has 1 aliphatic heterocycles. The first kappa shape index (κ1) is 18.8. The number of pyridine rings is 2. The van der Waals surface area contributed by atoms with Crippen LogP contribution in [0, 0.1) is 0 Å². The smallest absolute Gasteiger partial charge is 0.163 e. The minimum atomic E-state index is -0.0288. The van der Waals surface area contributed by atoms with E-state index >= 15 is 0 Å². The van der Waals surface area contributed by atoms with Gasteiger partial charge in [-0.25, -0.2) is 4.98 Å². The van der Waals surface area contributed by atoms with Gasteiger partial charge in [0.05, 0.1) is 28.7 Å². The van der Waals surface area contributed by atoms with Crippen LogP contribution in [0.3, 0.4) is 0 Å². The first-order valence-electron chi connectivity index (χ1n) is 9.27. The molecule has 2 aromatic heterocycles. The molecule has 0 unspecified atom stereocenters. The summed E-state index contributed by atoms with van der Waals surface area (Å²) < 4.78 is 0.939. The second-order valence-corrected chi connectivity index (χ2v) is 8.00. The maximum atomic E-state index is 12.2. The molecular weight excluding hydrogens is 418 g/mol. The molecular formula is C21H22BrN5O. The Labute approximate surface area is 172 Å². The third-order valence-corrected chi connectivity index (χ3v) is 5.55. The van der Waals surface area contributed by atoms with Gasteiger partial charge in [0.25, 0.3) is 0 Å². The molecule has 1 N–H and O–H groups in total. The number of nitrogens with zero attached hydrogens (tertiary/aromatic N) is 4. The Morgan fingerprint density at radius 3 is 2.54 bits per heavy atom. The molecule has 1 saturated heterocycles. The molecule has 0 amide bonds. The van der Waals surface area contributed by atoms with Crippen LogP contribution in [0.5, 0.6) is 0 Å². The zero-order valence-corrected chi connectivity index (χ0v) is 17.5. The van der Waals surface area contributed by atoms with Crippen molar-refractivity contribution in [3.63, 3.8) is 0 Å². The number of fused-ring (bicyclic) bond motifs is 1. The van der Waals surface area contributed by atoms with Gasteiger partial charge in [-0.15, -0.1) is 0 Å². The van der Waals surface area contributed by atoms with Gasteiger partial charge in [0.2, 0.25) is 0 Å². The second-order valence-electron chi connectivity index (χ2n) is 7.08. The summed E-state index contributed by atoms with van der Waals surface area (Å²) in [7, 11) is 2.14. The first-order valence-corrected chi connectivity index (χ1v) is 10.1. The zero-order chi connectivity index (χ0) is 19.7. The maximum absolute atomic E-state index is 12.2. The second kappa shape index (κ2) is 7.85. The molecule has 0 radical (unpaired) electrons. The molecule has 7 heteroatoms. The molecule has 1 aromatic carbocycles. The molecule has 144 valence electrons. The number of hydrogen-bond donors (Lipinski definition) is 1. The van der Waals surface area contributed by atoms with E-state index in [4.69, 9.17) is 0 Å². The highest BCUT2D eigenvalue weighted by molar-refractivity contribution is 9.10. The van der Waals surface area contributed by atoms with E-state index in [0.29, 0.717) is 5.56 Å². The molecule has 0 bridgehead atoms. The first-order chi connectivity index (χ1) is 13.5. The van der Waals surface area contributed by atoms with Gasteiger partial charge >= 0.3 is 0 Å². The van der Waals surface area contributed by atoms with Crippen molar-refractivity contribution in [2.45, 2.75) is 6.92 Å². The van der Waals surface area contributed by atoms with Crippen LogP contribution >= 0.6 is 15.9 Å². The molecule has 0 spiro atoms. The van der Waals surface area contributed by atoms with Crippen molar-refractivity contribution < 1.29 is 4.79 Å². The van der Waals surface area contributed by atoms with Crippen LogP contribution in [0.2, 0.25) is 0 Å². The molecule has 0 saturated carbocycles. The van der Waals surface area contributed by atoms with Crippen LogP contribution in [-0.4, -0.2) is 53.9 Å². The quantitative estimate of drug-likeness (QED) is 0.617. The van der Waals surface area contributed by atoms with E-state index in [1.165, 1.54) is 0 Å². The van der Waals surface area contributed by atoms with Gasteiger partial charge in [0, 0.05) is 42.2 Å². The summed E-state index contributed by atoms with van der Waals surface area (Å²) in [6.07, 6.45) is 3.45. The topological polar surface area (TPSA) is 61.4 Å². The van der Waals surface area contributed by atoms with E-state index in [1.807, 2.05) is 36.5 Å². The number of carbonyl (C=O) groups excluding carboxylic acids is 1. The number of halogens is 1. The third-order valence-electron chi connectivity index (χ3n) is 5.05. The molecule has 0 aliphatic carbocycles. The number of likely N-dealkylation sites (N-methyl/N-ethyl adjacent to an activating group) is 1. The average molecular weight is 440 g/mol. The van der Waals surface area contributed by atoms with E-state index in [-0.39, 0.29) is 5.78 Å². The molecule has 3 heterocycles. The van der Waals surface area contributed by atoms with Gasteiger partial charge in [0.1, 0.15) is 5.82 Å². The summed E-state index contributed by atoms with van der Waals surface area (Å²) >= 11 is 3.51. The number of nitrogens with one attached hydrogen (secondary N) is 1. The van der Waals surface area contributed by atoms with Crippen molar-refractivity contribution in [1.82, 2.24) is 14.9 Å². The number of carbonyl (C=O) groups is 1. The molecule has 4 rings (SSSR count). The zero-order valence-electron chi connectivity index (χ0n) is 15.9. The van der Waals surface area contributed by atoms with E-state index in [0.717, 1.165) is 58.7 Å². The Balaban J connectivity index is 1.65. The van der Waals surface area contributed by atoms with Gasteiger partial charge in [-0.3, -0.25) is 9.78 Å². The largest absolute Gasteiger partial charge is 0.354 e. The normalized spacial score (nSPS) is 15.0. The fourth-order valence-corrected chi connectivity index (χ4v) is 3.75. The fourth-order valence-electron chi connectivity index (χ4n) is 3.39. The monoisotopic (exact) mass is 439 g/mol. The van der Waals surface area contributed by atoms with Crippen LogP contribution in [0.1, 0.15) is 17.3 Å². The highest BCUT2D eigenvalue weighted by Gasteiger charge is 2.16.